The summed E-state index contributed by atoms with van der Waals surface area (Å²) in [6.07, 6.45) is 1.04. The Kier molecular flexibility index (Phi) is 6.52. The SMILES string of the molecule is C[C@@H](OC(=O)Nc1ccc(-c2c(N)c3ccc(Oc4nccc(C(F)(F)F)n4)cc3n2C2CCC2)cc1)C1CC1. The molecule has 1 atom stereocenters. The van der Waals surface area contributed by atoms with Gasteiger partial charge in [0.2, 0.25) is 0 Å². The topological polar surface area (TPSA) is 104 Å². The molecule has 40 heavy (non-hydrogen) atoms. The Hall–Kier alpha value is -4.28. The van der Waals surface area contributed by atoms with Crippen LogP contribution in [0.25, 0.3) is 22.2 Å². The second-order valence-electron chi connectivity index (χ2n) is 10.4. The third-order valence-corrected chi connectivity index (χ3v) is 7.57. The van der Waals surface area contributed by atoms with Crippen LogP contribution in [0.5, 0.6) is 11.8 Å². The van der Waals surface area contributed by atoms with Crippen LogP contribution in [-0.2, 0) is 10.9 Å². The highest BCUT2D eigenvalue weighted by atomic mass is 19.4. The quantitative estimate of drug-likeness (QED) is 0.246. The lowest BCUT2D eigenvalue weighted by atomic mass is 9.92. The van der Waals surface area contributed by atoms with Gasteiger partial charge in [-0.25, -0.2) is 9.78 Å². The Morgan fingerprint density at radius 1 is 1.10 bits per heavy atom. The smallest absolute Gasteiger partial charge is 0.433 e. The number of hydrogen-bond donors (Lipinski definition) is 2. The molecular weight excluding hydrogens is 523 g/mol. The maximum absolute atomic E-state index is 13.1. The van der Waals surface area contributed by atoms with Crippen molar-refractivity contribution in [2.24, 2.45) is 5.92 Å². The molecule has 1 amide bonds. The predicted octanol–water partition coefficient (Wildman–Crippen LogP) is 7.56. The van der Waals surface area contributed by atoms with Gasteiger partial charge < -0.3 is 19.8 Å². The summed E-state index contributed by atoms with van der Waals surface area (Å²) in [6, 6.07) is 13.2. The Labute approximate surface area is 228 Å². The molecule has 3 N–H and O–H groups in total. The van der Waals surface area contributed by atoms with Crippen LogP contribution < -0.4 is 15.8 Å². The second kappa shape index (κ2) is 10.0. The van der Waals surface area contributed by atoms with Crippen LogP contribution in [0, 0.1) is 5.92 Å². The van der Waals surface area contributed by atoms with Gasteiger partial charge in [-0.2, -0.15) is 18.2 Å². The highest BCUT2D eigenvalue weighted by Gasteiger charge is 2.33. The number of carbonyl (C=O) groups is 1. The van der Waals surface area contributed by atoms with Crippen molar-refractivity contribution < 1.29 is 27.4 Å². The van der Waals surface area contributed by atoms with Crippen molar-refractivity contribution in [3.05, 3.63) is 60.4 Å². The normalized spacial score (nSPS) is 16.4. The molecule has 2 aliphatic carbocycles. The van der Waals surface area contributed by atoms with Gasteiger partial charge in [-0.1, -0.05) is 12.1 Å². The highest BCUT2D eigenvalue weighted by molar-refractivity contribution is 6.01. The molecule has 0 spiro atoms. The number of halogens is 3. The van der Waals surface area contributed by atoms with Crippen LogP contribution in [0.4, 0.5) is 29.3 Å². The fourth-order valence-corrected chi connectivity index (χ4v) is 5.04. The zero-order valence-electron chi connectivity index (χ0n) is 21.7. The average molecular weight is 552 g/mol. The minimum Gasteiger partial charge on any atom is -0.446 e. The number of hydrogen-bond acceptors (Lipinski definition) is 6. The largest absolute Gasteiger partial charge is 0.446 e. The van der Waals surface area contributed by atoms with E-state index in [1.165, 1.54) is 0 Å². The van der Waals surface area contributed by atoms with Crippen molar-refractivity contribution in [3.8, 4) is 23.0 Å². The zero-order valence-corrected chi connectivity index (χ0v) is 21.7. The van der Waals surface area contributed by atoms with E-state index in [0.717, 1.165) is 66.5 Å². The van der Waals surface area contributed by atoms with E-state index in [2.05, 4.69) is 19.9 Å². The predicted molar refractivity (Wildman–Crippen MR) is 144 cm³/mol. The molecule has 2 heterocycles. The Balaban J connectivity index is 1.29. The van der Waals surface area contributed by atoms with Crippen LogP contribution >= 0.6 is 0 Å². The molecule has 6 rings (SSSR count). The number of amides is 1. The number of fused-ring (bicyclic) bond motifs is 1. The van der Waals surface area contributed by atoms with Crippen molar-refractivity contribution in [1.29, 1.82) is 0 Å². The van der Waals surface area contributed by atoms with E-state index >= 15 is 0 Å². The van der Waals surface area contributed by atoms with E-state index in [4.69, 9.17) is 15.2 Å². The van der Waals surface area contributed by atoms with Crippen LogP contribution in [0.15, 0.2) is 54.7 Å². The fourth-order valence-electron chi connectivity index (χ4n) is 5.04. The molecule has 4 aromatic rings. The van der Waals surface area contributed by atoms with Gasteiger partial charge in [0.05, 0.1) is 16.9 Å². The number of carbonyl (C=O) groups excluding carboxylic acids is 1. The van der Waals surface area contributed by atoms with Gasteiger partial charge in [-0.15, -0.1) is 0 Å². The maximum Gasteiger partial charge on any atom is 0.433 e. The lowest BCUT2D eigenvalue weighted by molar-refractivity contribution is -0.141. The Morgan fingerprint density at radius 2 is 1.85 bits per heavy atom. The molecule has 8 nitrogen and oxygen atoms in total. The lowest BCUT2D eigenvalue weighted by Crippen LogP contribution is -2.21. The van der Waals surface area contributed by atoms with Crippen LogP contribution in [0.2, 0.25) is 0 Å². The summed E-state index contributed by atoms with van der Waals surface area (Å²) in [5.74, 6) is 0.753. The van der Waals surface area contributed by atoms with E-state index < -0.39 is 24.0 Å². The minimum atomic E-state index is -4.60. The van der Waals surface area contributed by atoms with Gasteiger partial charge in [0.25, 0.3) is 0 Å². The van der Waals surface area contributed by atoms with Gasteiger partial charge in [-0.05, 0) is 75.3 Å². The van der Waals surface area contributed by atoms with Crippen molar-refractivity contribution in [2.75, 3.05) is 11.1 Å². The van der Waals surface area contributed by atoms with E-state index in [1.807, 2.05) is 19.1 Å². The lowest BCUT2D eigenvalue weighted by Gasteiger charge is -2.30. The first kappa shape index (κ1) is 26.0. The number of nitrogens with one attached hydrogen (secondary N) is 1. The Morgan fingerprint density at radius 3 is 2.50 bits per heavy atom. The van der Waals surface area contributed by atoms with Gasteiger partial charge in [0.15, 0.2) is 5.69 Å². The number of anilines is 2. The molecule has 0 aliphatic heterocycles. The number of alkyl halides is 3. The molecule has 2 aromatic heterocycles. The first-order valence-electron chi connectivity index (χ1n) is 13.3. The number of nitrogens with zero attached hydrogens (tertiary/aromatic N) is 3. The highest BCUT2D eigenvalue weighted by Crippen LogP contribution is 2.45. The van der Waals surface area contributed by atoms with E-state index in [1.54, 1.807) is 30.3 Å². The van der Waals surface area contributed by atoms with E-state index in [9.17, 15) is 18.0 Å². The van der Waals surface area contributed by atoms with Crippen molar-refractivity contribution in [2.45, 2.75) is 57.3 Å². The number of ether oxygens (including phenoxy) is 2. The van der Waals surface area contributed by atoms with Crippen LogP contribution in [0.3, 0.4) is 0 Å². The van der Waals surface area contributed by atoms with E-state index in [-0.39, 0.29) is 12.1 Å². The molecule has 0 radical (unpaired) electrons. The molecule has 2 aliphatic rings. The number of nitrogen functional groups attached to an aromatic ring is 1. The molecule has 2 fully saturated rings. The van der Waals surface area contributed by atoms with Crippen LogP contribution in [-0.4, -0.2) is 26.7 Å². The summed E-state index contributed by atoms with van der Waals surface area (Å²) in [6.45, 7) is 1.91. The summed E-state index contributed by atoms with van der Waals surface area (Å²) in [4.78, 5) is 19.6. The molecular formula is C29H28F3N5O3. The molecule has 0 unspecified atom stereocenters. The van der Waals surface area contributed by atoms with Crippen LogP contribution in [0.1, 0.15) is 50.8 Å². The molecule has 11 heteroatoms. The first-order valence-corrected chi connectivity index (χ1v) is 13.3. The summed E-state index contributed by atoms with van der Waals surface area (Å²) in [5.41, 5.74) is 9.30. The standard InChI is InChI=1S/C29H28F3N5O3/c1-16(17-5-6-17)39-28(38)35-19-9-7-18(8-10-19)26-25(33)22-12-11-21(15-23(22)37(26)20-3-2-4-20)40-27-34-14-13-24(36-27)29(30,31)32/h7-17,20H,2-6,33H2,1H3,(H,35,38)/t16-/m1/s1. The Bertz CT molecular complexity index is 1560. The number of benzene rings is 2. The summed E-state index contributed by atoms with van der Waals surface area (Å²) >= 11 is 0. The fraction of sp³-hybridized carbons (Fsp3) is 0.345. The molecule has 0 saturated heterocycles. The third kappa shape index (κ3) is 5.15. The minimum absolute atomic E-state index is 0.105. The van der Waals surface area contributed by atoms with Gasteiger partial charge in [-0.3, -0.25) is 5.32 Å². The van der Waals surface area contributed by atoms with Gasteiger partial charge in [0, 0.05) is 34.9 Å². The number of aromatic nitrogens is 3. The summed E-state index contributed by atoms with van der Waals surface area (Å²) in [5, 5.41) is 3.59. The first-order chi connectivity index (χ1) is 19.2. The monoisotopic (exact) mass is 551 g/mol. The zero-order chi connectivity index (χ0) is 28.0. The third-order valence-electron chi connectivity index (χ3n) is 7.57. The second-order valence-corrected chi connectivity index (χ2v) is 10.4. The summed E-state index contributed by atoms with van der Waals surface area (Å²) < 4.78 is 52.5. The van der Waals surface area contributed by atoms with Crippen molar-refractivity contribution in [3.63, 3.8) is 0 Å². The molecule has 2 aromatic carbocycles. The summed E-state index contributed by atoms with van der Waals surface area (Å²) in [7, 11) is 0. The molecule has 0 bridgehead atoms. The number of rotatable bonds is 7. The van der Waals surface area contributed by atoms with Crippen molar-refractivity contribution in [1.82, 2.24) is 14.5 Å². The van der Waals surface area contributed by atoms with Gasteiger partial charge >= 0.3 is 18.3 Å². The van der Waals surface area contributed by atoms with Crippen molar-refractivity contribution >= 4 is 28.4 Å². The van der Waals surface area contributed by atoms with E-state index in [0.29, 0.717) is 23.0 Å². The molecule has 208 valence electrons. The average Bonchev–Trinajstić information content (AvgIpc) is 3.70. The molecule has 2 saturated carbocycles. The maximum atomic E-state index is 13.1. The van der Waals surface area contributed by atoms with Gasteiger partial charge in [0.1, 0.15) is 11.9 Å². The number of nitrogens with two attached hydrogens (primary N) is 1.